The van der Waals surface area contributed by atoms with Crippen LogP contribution in [0.1, 0.15) is 29.6 Å². The maximum Gasteiger partial charge on any atom is 0.306 e. The van der Waals surface area contributed by atoms with Crippen LogP contribution in [-0.4, -0.2) is 47.7 Å². The Bertz CT molecular complexity index is 524. The van der Waals surface area contributed by atoms with Gasteiger partial charge in [0.2, 0.25) is 0 Å². The second kappa shape index (κ2) is 7.53. The number of aryl methyl sites for hydroxylation is 1. The fourth-order valence-corrected chi connectivity index (χ4v) is 1.62. The summed E-state index contributed by atoms with van der Waals surface area (Å²) in [5, 5.41) is 14.8. The van der Waals surface area contributed by atoms with E-state index in [0.29, 0.717) is 5.76 Å². The van der Waals surface area contributed by atoms with E-state index in [-0.39, 0.29) is 18.7 Å². The van der Waals surface area contributed by atoms with Gasteiger partial charge in [0.1, 0.15) is 11.8 Å². The highest BCUT2D eigenvalue weighted by molar-refractivity contribution is 5.97. The second-order valence-electron chi connectivity index (χ2n) is 4.71. The maximum atomic E-state index is 12.0. The van der Waals surface area contributed by atoms with Gasteiger partial charge in [0.05, 0.1) is 12.5 Å². The number of hydrogen-bond acceptors (Lipinski definition) is 6. The molecule has 0 aliphatic rings. The van der Waals surface area contributed by atoms with Crippen LogP contribution in [-0.2, 0) is 14.3 Å². The summed E-state index contributed by atoms with van der Waals surface area (Å²) in [7, 11) is 1.38. The third-order valence-corrected chi connectivity index (χ3v) is 2.82. The van der Waals surface area contributed by atoms with Gasteiger partial charge >= 0.3 is 5.97 Å². The Balaban J connectivity index is 2.70. The van der Waals surface area contributed by atoms with Crippen LogP contribution >= 0.6 is 0 Å². The van der Waals surface area contributed by atoms with Crippen molar-refractivity contribution in [1.29, 1.82) is 0 Å². The predicted molar refractivity (Wildman–Crippen MR) is 70.8 cm³/mol. The summed E-state index contributed by atoms with van der Waals surface area (Å²) in [6.07, 6.45) is -0.193. The van der Waals surface area contributed by atoms with Gasteiger partial charge in [-0.2, -0.15) is 0 Å². The lowest BCUT2D eigenvalue weighted by Gasteiger charge is -2.17. The van der Waals surface area contributed by atoms with Crippen LogP contribution < -0.4 is 5.32 Å². The first-order valence-electron chi connectivity index (χ1n) is 6.33. The van der Waals surface area contributed by atoms with Crippen LogP contribution in [0, 0.1) is 12.8 Å². The molecule has 1 heterocycles. The van der Waals surface area contributed by atoms with Crippen LogP contribution in [0.5, 0.6) is 0 Å². The Hall–Kier alpha value is -2.22. The number of ketones is 1. The van der Waals surface area contributed by atoms with Crippen LogP contribution in [0.2, 0.25) is 0 Å². The van der Waals surface area contributed by atoms with Crippen LogP contribution in [0.25, 0.3) is 0 Å². The van der Waals surface area contributed by atoms with Crippen molar-refractivity contribution in [2.75, 3.05) is 13.7 Å². The average molecular weight is 298 g/mol. The molecule has 0 spiro atoms. The lowest BCUT2D eigenvalue weighted by Crippen LogP contribution is -2.44. The molecular weight excluding hydrogens is 280 g/mol. The molecular formula is C13H18N2O6. The van der Waals surface area contributed by atoms with Gasteiger partial charge in [-0.25, -0.2) is 0 Å². The number of nitrogens with zero attached hydrogens (tertiary/aromatic N) is 1. The molecule has 0 unspecified atom stereocenters. The van der Waals surface area contributed by atoms with Crippen LogP contribution in [0.3, 0.4) is 0 Å². The van der Waals surface area contributed by atoms with E-state index in [1.807, 2.05) is 0 Å². The fraction of sp³-hybridized carbons (Fsp3) is 0.538. The first-order chi connectivity index (χ1) is 9.85. The lowest BCUT2D eigenvalue weighted by molar-refractivity contribution is -0.143. The summed E-state index contributed by atoms with van der Waals surface area (Å²) in [5.74, 6) is -2.43. The Kier molecular flexibility index (Phi) is 6.04. The van der Waals surface area contributed by atoms with E-state index in [4.69, 9.17) is 14.4 Å². The van der Waals surface area contributed by atoms with Gasteiger partial charge < -0.3 is 19.7 Å². The van der Waals surface area contributed by atoms with Crippen molar-refractivity contribution in [1.82, 2.24) is 10.5 Å². The van der Waals surface area contributed by atoms with Crippen molar-refractivity contribution in [3.8, 4) is 0 Å². The summed E-state index contributed by atoms with van der Waals surface area (Å²) in [5.41, 5.74) is 0.0488. The molecule has 1 rings (SSSR count). The molecule has 0 aliphatic carbocycles. The van der Waals surface area contributed by atoms with Crippen LogP contribution in [0.15, 0.2) is 10.6 Å². The van der Waals surface area contributed by atoms with Gasteiger partial charge in [0, 0.05) is 19.6 Å². The number of Topliss-reactive ketones (excluding diaryl/α,β-unsaturated/α-hetero) is 1. The topological polar surface area (TPSA) is 119 Å². The molecule has 0 radical (unpaired) electrons. The Morgan fingerprint density at radius 3 is 2.62 bits per heavy atom. The molecule has 8 nitrogen and oxygen atoms in total. The van der Waals surface area contributed by atoms with Crippen molar-refractivity contribution in [2.45, 2.75) is 26.3 Å². The maximum absolute atomic E-state index is 12.0. The smallest absolute Gasteiger partial charge is 0.306 e. The van der Waals surface area contributed by atoms with Gasteiger partial charge in [0.25, 0.3) is 5.91 Å². The average Bonchev–Trinajstić information content (AvgIpc) is 2.84. The molecule has 1 amide bonds. The first kappa shape index (κ1) is 16.8. The van der Waals surface area contributed by atoms with Crippen molar-refractivity contribution < 1.29 is 28.8 Å². The molecule has 8 heteroatoms. The molecule has 0 saturated heterocycles. The quantitative estimate of drug-likeness (QED) is 0.713. The molecule has 0 aromatic carbocycles. The number of amides is 1. The van der Waals surface area contributed by atoms with Gasteiger partial charge in [-0.05, 0) is 6.92 Å². The third-order valence-electron chi connectivity index (χ3n) is 2.82. The molecule has 0 fully saturated rings. The van der Waals surface area contributed by atoms with Gasteiger partial charge in [-0.15, -0.1) is 0 Å². The largest absolute Gasteiger partial charge is 0.481 e. The van der Waals surface area contributed by atoms with E-state index >= 15 is 0 Å². The summed E-state index contributed by atoms with van der Waals surface area (Å²) >= 11 is 0. The number of carbonyl (C=O) groups excluding carboxylic acids is 2. The molecule has 2 atom stereocenters. The normalized spacial score (nSPS) is 13.5. The summed E-state index contributed by atoms with van der Waals surface area (Å²) < 4.78 is 9.66. The van der Waals surface area contributed by atoms with Crippen LogP contribution in [0.4, 0.5) is 0 Å². The molecule has 116 valence electrons. The molecule has 21 heavy (non-hydrogen) atoms. The zero-order valence-corrected chi connectivity index (χ0v) is 12.1. The SMILES string of the molecule is COC[C@H](NC(=O)c1cc(C)on1)C(=O)C[C@@H](C)C(=O)O. The number of carboxylic acid groups (broad SMARTS) is 1. The Morgan fingerprint density at radius 2 is 2.14 bits per heavy atom. The molecule has 1 aromatic heterocycles. The number of methoxy groups -OCH3 is 1. The standard InChI is InChI=1S/C13H18N2O6/c1-7(13(18)19)4-11(16)10(6-20-3)14-12(17)9-5-8(2)21-15-9/h5,7,10H,4,6H2,1-3H3,(H,14,17)(H,18,19)/t7-,10+/m1/s1. The summed E-state index contributed by atoms with van der Waals surface area (Å²) in [6.45, 7) is 3.01. The highest BCUT2D eigenvalue weighted by atomic mass is 16.5. The Labute approximate surface area is 121 Å². The van der Waals surface area contributed by atoms with Gasteiger partial charge in [-0.1, -0.05) is 12.1 Å². The van der Waals surface area contributed by atoms with Crippen molar-refractivity contribution in [3.05, 3.63) is 17.5 Å². The zero-order valence-electron chi connectivity index (χ0n) is 12.1. The van der Waals surface area contributed by atoms with Crippen molar-refractivity contribution in [3.63, 3.8) is 0 Å². The number of carbonyl (C=O) groups is 3. The number of aromatic nitrogens is 1. The lowest BCUT2D eigenvalue weighted by atomic mass is 10.0. The number of hydrogen-bond donors (Lipinski definition) is 2. The number of nitrogens with one attached hydrogen (secondary N) is 1. The fourth-order valence-electron chi connectivity index (χ4n) is 1.62. The van der Waals surface area contributed by atoms with Crippen molar-refractivity contribution >= 4 is 17.7 Å². The van der Waals surface area contributed by atoms with E-state index < -0.39 is 29.6 Å². The highest BCUT2D eigenvalue weighted by Gasteiger charge is 2.26. The number of ether oxygens (including phenoxy) is 1. The molecule has 0 bridgehead atoms. The first-order valence-corrected chi connectivity index (χ1v) is 6.33. The number of aliphatic carboxylic acids is 1. The minimum absolute atomic E-state index is 0.0479. The monoisotopic (exact) mass is 298 g/mol. The number of rotatable bonds is 8. The molecule has 0 aliphatic heterocycles. The number of carboxylic acids is 1. The van der Waals surface area contributed by atoms with E-state index in [2.05, 4.69) is 10.5 Å². The molecule has 2 N–H and O–H groups in total. The molecule has 1 aromatic rings. The minimum Gasteiger partial charge on any atom is -0.481 e. The highest BCUT2D eigenvalue weighted by Crippen LogP contribution is 2.07. The summed E-state index contributed by atoms with van der Waals surface area (Å²) in [6, 6.07) is 0.505. The van der Waals surface area contributed by atoms with Crippen molar-refractivity contribution in [2.24, 2.45) is 5.92 Å². The predicted octanol–water partition coefficient (Wildman–Crippen LogP) is 0.408. The Morgan fingerprint density at radius 1 is 1.48 bits per heavy atom. The van der Waals surface area contributed by atoms with Gasteiger partial charge in [-0.3, -0.25) is 14.4 Å². The van der Waals surface area contributed by atoms with E-state index in [9.17, 15) is 14.4 Å². The summed E-state index contributed by atoms with van der Waals surface area (Å²) in [4.78, 5) is 34.7. The van der Waals surface area contributed by atoms with Gasteiger partial charge in [0.15, 0.2) is 11.5 Å². The minimum atomic E-state index is -1.07. The third kappa shape index (κ3) is 4.99. The molecule has 0 saturated carbocycles. The zero-order chi connectivity index (χ0) is 16.0. The van der Waals surface area contributed by atoms with E-state index in [1.165, 1.54) is 20.1 Å². The van der Waals surface area contributed by atoms with E-state index in [0.717, 1.165) is 0 Å². The second-order valence-corrected chi connectivity index (χ2v) is 4.71. The van der Waals surface area contributed by atoms with E-state index in [1.54, 1.807) is 6.92 Å².